The highest BCUT2D eigenvalue weighted by Gasteiger charge is 2.10. The molecule has 0 unspecified atom stereocenters. The Morgan fingerprint density at radius 3 is 2.65 bits per heavy atom. The van der Waals surface area contributed by atoms with Crippen LogP contribution in [-0.4, -0.2) is 37.1 Å². The zero-order valence-corrected chi connectivity index (χ0v) is 11.2. The Morgan fingerprint density at radius 2 is 1.90 bits per heavy atom. The standard InChI is InChI=1S/C12H11BN4O2S/c18-13(19)9-3-1-8(2-4-9)5-20-12-10-11(15-6-14-10)16-7-17-12/h1-4,6-7,18-19H,5H2,(H,14,15,16,17). The Labute approximate surface area is 119 Å². The summed E-state index contributed by atoms with van der Waals surface area (Å²) < 4.78 is 0. The number of nitrogens with zero attached hydrogens (tertiary/aromatic N) is 3. The molecule has 0 radical (unpaired) electrons. The van der Waals surface area contributed by atoms with E-state index >= 15 is 0 Å². The van der Waals surface area contributed by atoms with E-state index in [2.05, 4.69) is 19.9 Å². The lowest BCUT2D eigenvalue weighted by atomic mass is 9.80. The minimum atomic E-state index is -1.43. The van der Waals surface area contributed by atoms with Crippen molar-refractivity contribution in [1.29, 1.82) is 0 Å². The maximum atomic E-state index is 9.04. The van der Waals surface area contributed by atoms with Crippen LogP contribution in [0.4, 0.5) is 0 Å². The van der Waals surface area contributed by atoms with Gasteiger partial charge in [-0.1, -0.05) is 36.0 Å². The average molecular weight is 286 g/mol. The summed E-state index contributed by atoms with van der Waals surface area (Å²) in [6, 6.07) is 7.14. The van der Waals surface area contributed by atoms with Crippen LogP contribution in [0.3, 0.4) is 0 Å². The van der Waals surface area contributed by atoms with Crippen LogP contribution in [0.15, 0.2) is 41.9 Å². The van der Waals surface area contributed by atoms with E-state index in [1.165, 1.54) is 6.33 Å². The molecule has 0 saturated heterocycles. The number of fused-ring (bicyclic) bond motifs is 1. The van der Waals surface area contributed by atoms with E-state index in [4.69, 9.17) is 10.0 Å². The van der Waals surface area contributed by atoms with Crippen LogP contribution in [0.25, 0.3) is 11.2 Å². The number of rotatable bonds is 4. The van der Waals surface area contributed by atoms with Crippen LogP contribution >= 0.6 is 11.8 Å². The van der Waals surface area contributed by atoms with Crippen LogP contribution in [0.2, 0.25) is 0 Å². The van der Waals surface area contributed by atoms with Crippen molar-refractivity contribution in [3.05, 3.63) is 42.5 Å². The molecule has 0 spiro atoms. The van der Waals surface area contributed by atoms with Crippen molar-refractivity contribution in [2.75, 3.05) is 0 Å². The highest BCUT2D eigenvalue weighted by molar-refractivity contribution is 7.98. The van der Waals surface area contributed by atoms with E-state index in [0.29, 0.717) is 11.1 Å². The third-order valence-corrected chi connectivity index (χ3v) is 3.90. The van der Waals surface area contributed by atoms with Crippen LogP contribution in [0.1, 0.15) is 5.56 Å². The van der Waals surface area contributed by atoms with Crippen molar-refractivity contribution in [3.63, 3.8) is 0 Å². The monoisotopic (exact) mass is 286 g/mol. The topological polar surface area (TPSA) is 94.9 Å². The van der Waals surface area contributed by atoms with Gasteiger partial charge in [0.1, 0.15) is 16.9 Å². The Bertz CT molecular complexity index is 717. The number of aromatic nitrogens is 4. The van der Waals surface area contributed by atoms with E-state index in [9.17, 15) is 0 Å². The smallest absolute Gasteiger partial charge is 0.423 e. The molecule has 2 heterocycles. The number of aromatic amines is 1. The SMILES string of the molecule is OB(O)c1ccc(CSc2ncnc3nc[nH]c23)cc1. The van der Waals surface area contributed by atoms with Gasteiger partial charge in [-0.25, -0.2) is 15.0 Å². The van der Waals surface area contributed by atoms with E-state index in [1.54, 1.807) is 30.2 Å². The molecule has 0 saturated carbocycles. The Kier molecular flexibility index (Phi) is 3.68. The molecule has 0 atom stereocenters. The van der Waals surface area contributed by atoms with Crippen molar-refractivity contribution in [3.8, 4) is 0 Å². The summed E-state index contributed by atoms with van der Waals surface area (Å²) in [6.07, 6.45) is 3.09. The molecule has 0 aliphatic rings. The van der Waals surface area contributed by atoms with E-state index in [1.807, 2.05) is 12.1 Å². The molecular formula is C12H11BN4O2S. The number of hydrogen-bond acceptors (Lipinski definition) is 6. The molecule has 8 heteroatoms. The fourth-order valence-corrected chi connectivity index (χ4v) is 2.70. The second-order valence-corrected chi connectivity index (χ2v) is 5.15. The fraction of sp³-hybridized carbons (Fsp3) is 0.0833. The molecule has 2 aromatic heterocycles. The summed E-state index contributed by atoms with van der Waals surface area (Å²) in [5.74, 6) is 0.729. The minimum Gasteiger partial charge on any atom is -0.423 e. The van der Waals surface area contributed by atoms with Gasteiger partial charge in [0.15, 0.2) is 5.65 Å². The van der Waals surface area contributed by atoms with Gasteiger partial charge >= 0.3 is 7.12 Å². The van der Waals surface area contributed by atoms with Gasteiger partial charge in [-0.05, 0) is 11.0 Å². The number of nitrogens with one attached hydrogen (secondary N) is 1. The molecule has 0 bridgehead atoms. The zero-order valence-electron chi connectivity index (χ0n) is 10.4. The van der Waals surface area contributed by atoms with Gasteiger partial charge in [-0.15, -0.1) is 0 Å². The number of H-pyrrole nitrogens is 1. The largest absolute Gasteiger partial charge is 0.488 e. The molecule has 0 aliphatic heterocycles. The maximum absolute atomic E-state index is 9.04. The summed E-state index contributed by atoms with van der Waals surface area (Å²) in [7, 11) is -1.43. The fourth-order valence-electron chi connectivity index (χ4n) is 1.79. The third-order valence-electron chi connectivity index (χ3n) is 2.84. The second-order valence-electron chi connectivity index (χ2n) is 4.18. The number of thioether (sulfide) groups is 1. The Balaban J connectivity index is 1.74. The first-order valence-corrected chi connectivity index (χ1v) is 6.94. The molecule has 0 amide bonds. The first-order chi connectivity index (χ1) is 9.74. The van der Waals surface area contributed by atoms with Crippen molar-refractivity contribution in [2.45, 2.75) is 10.8 Å². The van der Waals surface area contributed by atoms with Gasteiger partial charge < -0.3 is 15.0 Å². The van der Waals surface area contributed by atoms with Gasteiger partial charge in [-0.2, -0.15) is 0 Å². The molecule has 3 rings (SSSR count). The summed E-state index contributed by atoms with van der Waals surface area (Å²) in [5, 5.41) is 18.9. The Hall–Kier alpha value is -1.90. The van der Waals surface area contributed by atoms with Crippen molar-refractivity contribution in [1.82, 2.24) is 19.9 Å². The van der Waals surface area contributed by atoms with Crippen LogP contribution in [0, 0.1) is 0 Å². The first-order valence-electron chi connectivity index (χ1n) is 5.96. The zero-order chi connectivity index (χ0) is 13.9. The number of benzene rings is 1. The lowest BCUT2D eigenvalue weighted by molar-refractivity contribution is 0.426. The lowest BCUT2D eigenvalue weighted by Gasteiger charge is -2.04. The van der Waals surface area contributed by atoms with Crippen molar-refractivity contribution in [2.24, 2.45) is 0 Å². The molecule has 3 N–H and O–H groups in total. The number of hydrogen-bond donors (Lipinski definition) is 3. The summed E-state index contributed by atoms with van der Waals surface area (Å²) in [4.78, 5) is 15.4. The molecular weight excluding hydrogens is 275 g/mol. The average Bonchev–Trinajstić information content (AvgIpc) is 2.94. The van der Waals surface area contributed by atoms with Crippen LogP contribution in [-0.2, 0) is 5.75 Å². The molecule has 3 aromatic rings. The van der Waals surface area contributed by atoms with Crippen LogP contribution < -0.4 is 5.46 Å². The molecule has 1 aromatic carbocycles. The first kappa shape index (κ1) is 13.1. The predicted octanol–water partition coefficient (Wildman–Crippen LogP) is 0.325. The predicted molar refractivity (Wildman–Crippen MR) is 77.5 cm³/mol. The molecule has 0 fully saturated rings. The molecule has 6 nitrogen and oxygen atoms in total. The molecule has 0 aliphatic carbocycles. The van der Waals surface area contributed by atoms with Crippen molar-refractivity contribution >= 4 is 35.5 Å². The Morgan fingerprint density at radius 1 is 1.10 bits per heavy atom. The van der Waals surface area contributed by atoms with Gasteiger partial charge in [0, 0.05) is 5.75 Å². The minimum absolute atomic E-state index is 0.483. The summed E-state index contributed by atoms with van der Waals surface area (Å²) in [6.45, 7) is 0. The van der Waals surface area contributed by atoms with E-state index < -0.39 is 7.12 Å². The van der Waals surface area contributed by atoms with Gasteiger partial charge in [0.2, 0.25) is 0 Å². The van der Waals surface area contributed by atoms with Gasteiger partial charge in [-0.3, -0.25) is 0 Å². The molecule has 20 heavy (non-hydrogen) atoms. The van der Waals surface area contributed by atoms with E-state index in [-0.39, 0.29) is 0 Å². The normalized spacial score (nSPS) is 10.9. The van der Waals surface area contributed by atoms with E-state index in [0.717, 1.165) is 21.9 Å². The second kappa shape index (κ2) is 5.62. The van der Waals surface area contributed by atoms with Gasteiger partial charge in [0.25, 0.3) is 0 Å². The third kappa shape index (κ3) is 2.67. The molecule has 100 valence electrons. The van der Waals surface area contributed by atoms with Gasteiger partial charge in [0.05, 0.1) is 6.33 Å². The maximum Gasteiger partial charge on any atom is 0.488 e. The summed E-state index contributed by atoms with van der Waals surface area (Å²) >= 11 is 1.57. The van der Waals surface area contributed by atoms with Crippen molar-refractivity contribution < 1.29 is 10.0 Å². The quantitative estimate of drug-likeness (QED) is 0.363. The lowest BCUT2D eigenvalue weighted by Crippen LogP contribution is -2.29. The number of imidazole rings is 1. The van der Waals surface area contributed by atoms with Crippen LogP contribution in [0.5, 0.6) is 0 Å². The highest BCUT2D eigenvalue weighted by Crippen LogP contribution is 2.25. The summed E-state index contributed by atoms with van der Waals surface area (Å²) in [5.41, 5.74) is 3.04. The highest BCUT2D eigenvalue weighted by atomic mass is 32.2.